The molecule has 0 radical (unpaired) electrons. The lowest BCUT2D eigenvalue weighted by Crippen LogP contribution is -2.51. The molecule has 0 spiro atoms. The van der Waals surface area contributed by atoms with Gasteiger partial charge in [-0.05, 0) is 112 Å². The highest BCUT2D eigenvalue weighted by molar-refractivity contribution is 5.66. The zero-order valence-corrected chi connectivity index (χ0v) is 22.7. The van der Waals surface area contributed by atoms with E-state index in [-0.39, 0.29) is 23.6 Å². The molecule has 4 aliphatic rings. The van der Waals surface area contributed by atoms with E-state index in [2.05, 4.69) is 26.8 Å². The Kier molecular flexibility index (Phi) is 7.03. The number of hydrogen-bond donors (Lipinski definition) is 0. The zero-order chi connectivity index (χ0) is 24.9. The minimum Gasteiger partial charge on any atom is -0.462 e. The summed E-state index contributed by atoms with van der Waals surface area (Å²) in [6, 6.07) is 0. The normalized spacial score (nSPS) is 40.3. The molecule has 0 aromatic rings. The molecule has 0 aromatic carbocycles. The molecule has 4 nitrogen and oxygen atoms in total. The van der Waals surface area contributed by atoms with Gasteiger partial charge in [-0.3, -0.25) is 9.59 Å². The fourth-order valence-electron chi connectivity index (χ4n) is 9.15. The van der Waals surface area contributed by atoms with E-state index in [1.54, 1.807) is 5.57 Å². The number of carbonyl (C=O) groups is 2. The third kappa shape index (κ3) is 4.72. The molecule has 0 aliphatic heterocycles. The fourth-order valence-corrected chi connectivity index (χ4v) is 9.15. The second kappa shape index (κ2) is 9.28. The molecule has 0 heterocycles. The fraction of sp³-hybridized carbons (Fsp3) is 0.867. The molecule has 3 fully saturated rings. The number of ether oxygens (including phenoxy) is 2. The van der Waals surface area contributed by atoms with Crippen molar-refractivity contribution in [3.63, 3.8) is 0 Å². The highest BCUT2D eigenvalue weighted by Crippen LogP contribution is 2.67. The molecule has 0 aromatic heterocycles. The van der Waals surface area contributed by atoms with Gasteiger partial charge in [-0.25, -0.2) is 0 Å². The van der Waals surface area contributed by atoms with Gasteiger partial charge in [0.2, 0.25) is 0 Å². The Balaban J connectivity index is 1.45. The maximum atomic E-state index is 11.5. The van der Waals surface area contributed by atoms with Crippen molar-refractivity contribution in [1.82, 2.24) is 0 Å². The smallest absolute Gasteiger partial charge is 0.303 e. The second-order valence-electron chi connectivity index (χ2n) is 13.3. The number of hydrogen-bond acceptors (Lipinski definition) is 4. The molecule has 4 heteroatoms. The average Bonchev–Trinajstić information content (AvgIpc) is 3.08. The molecule has 1 unspecified atom stereocenters. The Morgan fingerprint density at radius 2 is 1.79 bits per heavy atom. The topological polar surface area (TPSA) is 52.6 Å². The van der Waals surface area contributed by atoms with E-state index in [1.807, 2.05) is 13.8 Å². The minimum atomic E-state index is -0.374. The van der Waals surface area contributed by atoms with Crippen molar-refractivity contribution in [2.75, 3.05) is 0 Å². The number of allylic oxidation sites excluding steroid dienone is 1. The van der Waals surface area contributed by atoms with Crippen molar-refractivity contribution in [3.8, 4) is 0 Å². The Morgan fingerprint density at radius 1 is 1.06 bits per heavy atom. The van der Waals surface area contributed by atoms with E-state index in [1.165, 1.54) is 46.0 Å². The number of fused-ring (bicyclic) bond motifs is 5. The van der Waals surface area contributed by atoms with Crippen LogP contribution in [0.25, 0.3) is 0 Å². The predicted molar refractivity (Wildman–Crippen MR) is 135 cm³/mol. The van der Waals surface area contributed by atoms with Gasteiger partial charge >= 0.3 is 11.9 Å². The molecule has 3 saturated carbocycles. The summed E-state index contributed by atoms with van der Waals surface area (Å²) in [5.74, 6) is 3.51. The van der Waals surface area contributed by atoms with Crippen molar-refractivity contribution >= 4 is 11.9 Å². The monoisotopic (exact) mass is 472 g/mol. The first-order valence-electron chi connectivity index (χ1n) is 13.9. The molecule has 4 rings (SSSR count). The van der Waals surface area contributed by atoms with Crippen molar-refractivity contribution in [2.45, 2.75) is 124 Å². The van der Waals surface area contributed by atoms with Gasteiger partial charge in [0.15, 0.2) is 0 Å². The first-order valence-corrected chi connectivity index (χ1v) is 13.9. The Hall–Kier alpha value is -1.32. The van der Waals surface area contributed by atoms with Gasteiger partial charge in [-0.1, -0.05) is 32.4 Å². The van der Waals surface area contributed by atoms with Crippen molar-refractivity contribution in [1.29, 1.82) is 0 Å². The first-order chi connectivity index (χ1) is 15.9. The van der Waals surface area contributed by atoms with Gasteiger partial charge in [-0.15, -0.1) is 0 Å². The number of rotatable bonds is 6. The van der Waals surface area contributed by atoms with E-state index < -0.39 is 0 Å². The summed E-state index contributed by atoms with van der Waals surface area (Å²) >= 11 is 0. The number of esters is 2. The third-order valence-electron chi connectivity index (χ3n) is 10.8. The van der Waals surface area contributed by atoms with Crippen LogP contribution >= 0.6 is 0 Å². The molecule has 8 atom stereocenters. The van der Waals surface area contributed by atoms with Gasteiger partial charge in [-0.2, -0.15) is 0 Å². The van der Waals surface area contributed by atoms with Gasteiger partial charge in [0.05, 0.1) is 0 Å². The second-order valence-corrected chi connectivity index (χ2v) is 13.3. The van der Waals surface area contributed by atoms with Crippen LogP contribution in [0.1, 0.15) is 113 Å². The zero-order valence-electron chi connectivity index (χ0n) is 22.7. The Morgan fingerprint density at radius 3 is 2.47 bits per heavy atom. The van der Waals surface area contributed by atoms with Crippen LogP contribution in [0.15, 0.2) is 11.6 Å². The number of carbonyl (C=O) groups excluding carboxylic acids is 2. The average molecular weight is 473 g/mol. The van der Waals surface area contributed by atoms with E-state index in [9.17, 15) is 9.59 Å². The summed E-state index contributed by atoms with van der Waals surface area (Å²) in [6.45, 7) is 14.7. The predicted octanol–water partition coefficient (Wildman–Crippen LogP) is 7.26. The summed E-state index contributed by atoms with van der Waals surface area (Å²) in [4.78, 5) is 23.0. The highest BCUT2D eigenvalue weighted by atomic mass is 16.6. The van der Waals surface area contributed by atoms with Crippen LogP contribution in [0.5, 0.6) is 0 Å². The highest BCUT2D eigenvalue weighted by Gasteiger charge is 2.59. The lowest BCUT2D eigenvalue weighted by molar-refractivity contribution is -0.154. The lowest BCUT2D eigenvalue weighted by atomic mass is 9.47. The minimum absolute atomic E-state index is 0.0789. The van der Waals surface area contributed by atoms with Crippen molar-refractivity contribution in [3.05, 3.63) is 11.6 Å². The van der Waals surface area contributed by atoms with Crippen LogP contribution in [0.4, 0.5) is 0 Å². The summed E-state index contributed by atoms with van der Waals surface area (Å²) in [5.41, 5.74) is 1.92. The quantitative estimate of drug-likeness (QED) is 0.302. The van der Waals surface area contributed by atoms with Gasteiger partial charge in [0.1, 0.15) is 11.7 Å². The molecule has 0 amide bonds. The van der Waals surface area contributed by atoms with E-state index in [0.717, 1.165) is 55.8 Å². The van der Waals surface area contributed by atoms with E-state index in [0.29, 0.717) is 16.7 Å². The van der Waals surface area contributed by atoms with E-state index in [4.69, 9.17) is 9.47 Å². The summed E-state index contributed by atoms with van der Waals surface area (Å²) in [7, 11) is 0. The molecule has 0 N–H and O–H groups in total. The van der Waals surface area contributed by atoms with Gasteiger partial charge in [0.25, 0.3) is 0 Å². The molecule has 4 aliphatic carbocycles. The maximum absolute atomic E-state index is 11.5. The standard InChI is InChI=1S/C30H48O4/c1-19(12-15-28(4,5)34-21(3)32)25-10-11-26-24-9-8-22-18-23(33-20(2)31)13-16-29(22,6)27(24)14-17-30(25,26)7/h8,19,23-27H,9-18H2,1-7H3/t19-,23+,24?,25-,26+,27+,29+,30-/m1/s1. The van der Waals surface area contributed by atoms with Crippen LogP contribution in [0.2, 0.25) is 0 Å². The van der Waals surface area contributed by atoms with Gasteiger partial charge < -0.3 is 9.47 Å². The molecular formula is C30H48O4. The first kappa shape index (κ1) is 25.8. The lowest BCUT2D eigenvalue weighted by Gasteiger charge is -2.58. The molecular weight excluding hydrogens is 424 g/mol. The van der Waals surface area contributed by atoms with Crippen molar-refractivity contribution < 1.29 is 19.1 Å². The molecule has 34 heavy (non-hydrogen) atoms. The summed E-state index contributed by atoms with van der Waals surface area (Å²) in [6.07, 6.45) is 14.4. The molecule has 192 valence electrons. The van der Waals surface area contributed by atoms with Crippen LogP contribution in [-0.4, -0.2) is 23.6 Å². The summed E-state index contributed by atoms with van der Waals surface area (Å²) < 4.78 is 11.2. The maximum Gasteiger partial charge on any atom is 0.303 e. The largest absolute Gasteiger partial charge is 0.462 e. The Bertz CT molecular complexity index is 828. The molecule has 0 bridgehead atoms. The summed E-state index contributed by atoms with van der Waals surface area (Å²) in [5, 5.41) is 0. The molecule has 0 saturated heterocycles. The van der Waals surface area contributed by atoms with Crippen molar-refractivity contribution in [2.24, 2.45) is 40.4 Å². The Labute approximate surface area is 207 Å². The third-order valence-corrected chi connectivity index (χ3v) is 10.8. The van der Waals surface area contributed by atoms with Gasteiger partial charge in [0, 0.05) is 20.3 Å². The van der Waals surface area contributed by atoms with Crippen LogP contribution in [-0.2, 0) is 19.1 Å². The van der Waals surface area contributed by atoms with Crippen LogP contribution in [0.3, 0.4) is 0 Å². The van der Waals surface area contributed by atoms with E-state index >= 15 is 0 Å². The van der Waals surface area contributed by atoms with Crippen LogP contribution < -0.4 is 0 Å². The SMILES string of the molecule is CC(=O)O[C@H]1CC[C@@]2(C)C(=CCC3[C@@H]4CC[C@H]([C@H](C)CCC(C)(C)OC(C)=O)[C@@]4(C)CC[C@@H]32)C1. The van der Waals surface area contributed by atoms with Crippen LogP contribution in [0, 0.1) is 40.4 Å².